The minimum Gasteiger partial charge on any atom is -0.490 e. The van der Waals surface area contributed by atoms with Crippen LogP contribution in [0.25, 0.3) is 22.3 Å². The van der Waals surface area contributed by atoms with Gasteiger partial charge in [0, 0.05) is 11.1 Å². The fraction of sp³-hybridized carbons (Fsp3) is 0.294. The minimum atomic E-state index is -0.373. The van der Waals surface area contributed by atoms with Gasteiger partial charge in [-0.2, -0.15) is 0 Å². The Morgan fingerprint density at radius 2 is 1.22 bits per heavy atom. The largest absolute Gasteiger partial charge is 0.490 e. The smallest absolute Gasteiger partial charge is 0.197 e. The molecule has 0 aromatic heterocycles. The number of ether oxygens (including phenoxy) is 3. The van der Waals surface area contributed by atoms with Gasteiger partial charge < -0.3 is 14.2 Å². The molecular formula is C34H38O3. The molecule has 37 heavy (non-hydrogen) atoms. The quantitative estimate of drug-likeness (QED) is 0.154. The second-order valence-corrected chi connectivity index (χ2v) is 10.5. The first-order valence-electron chi connectivity index (χ1n) is 13.1. The number of benzene rings is 4. The van der Waals surface area contributed by atoms with Crippen LogP contribution < -0.4 is 9.47 Å². The lowest BCUT2D eigenvalue weighted by molar-refractivity contribution is -0.0738. The van der Waals surface area contributed by atoms with E-state index in [0.29, 0.717) is 18.6 Å². The fourth-order valence-corrected chi connectivity index (χ4v) is 4.22. The first-order valence-corrected chi connectivity index (χ1v) is 13.1. The van der Waals surface area contributed by atoms with Gasteiger partial charge in [0.05, 0.1) is 6.61 Å². The van der Waals surface area contributed by atoms with E-state index >= 15 is 0 Å². The molecule has 1 unspecified atom stereocenters. The summed E-state index contributed by atoms with van der Waals surface area (Å²) in [7, 11) is 0. The highest BCUT2D eigenvalue weighted by Gasteiger charge is 2.14. The SMILES string of the molecule is CC(OCCOc1c(-c2ccccc2)cccc1-c1ccccc1)Oc1ccc(CCC(C)(C)C)cc1. The van der Waals surface area contributed by atoms with Crippen LogP contribution in [-0.4, -0.2) is 19.5 Å². The lowest BCUT2D eigenvalue weighted by Crippen LogP contribution is -2.20. The molecular weight excluding hydrogens is 456 g/mol. The molecule has 0 heterocycles. The summed E-state index contributed by atoms with van der Waals surface area (Å²) < 4.78 is 18.3. The van der Waals surface area contributed by atoms with E-state index in [1.54, 1.807) is 0 Å². The van der Waals surface area contributed by atoms with Gasteiger partial charge in [0.25, 0.3) is 0 Å². The molecule has 4 aromatic carbocycles. The normalized spacial score (nSPS) is 12.2. The highest BCUT2D eigenvalue weighted by Crippen LogP contribution is 2.39. The maximum absolute atomic E-state index is 6.37. The van der Waals surface area contributed by atoms with Crippen molar-refractivity contribution in [1.29, 1.82) is 0 Å². The molecule has 0 amide bonds. The van der Waals surface area contributed by atoms with Gasteiger partial charge in [-0.1, -0.05) is 112 Å². The lowest BCUT2D eigenvalue weighted by Gasteiger charge is -2.19. The van der Waals surface area contributed by atoms with Crippen LogP contribution in [0.3, 0.4) is 0 Å². The van der Waals surface area contributed by atoms with Crippen LogP contribution in [0, 0.1) is 5.41 Å². The molecule has 0 saturated carbocycles. The molecule has 4 aromatic rings. The Balaban J connectivity index is 1.36. The number of aryl methyl sites for hydroxylation is 1. The van der Waals surface area contributed by atoms with Crippen molar-refractivity contribution in [3.05, 3.63) is 109 Å². The van der Waals surface area contributed by atoms with Crippen molar-refractivity contribution in [2.45, 2.75) is 46.8 Å². The van der Waals surface area contributed by atoms with Crippen LogP contribution in [0.15, 0.2) is 103 Å². The second kappa shape index (κ2) is 12.6. The van der Waals surface area contributed by atoms with E-state index < -0.39 is 0 Å². The molecule has 3 heteroatoms. The van der Waals surface area contributed by atoms with Gasteiger partial charge in [0.15, 0.2) is 6.29 Å². The van der Waals surface area contributed by atoms with Gasteiger partial charge in [-0.25, -0.2) is 0 Å². The van der Waals surface area contributed by atoms with Crippen LogP contribution >= 0.6 is 0 Å². The van der Waals surface area contributed by atoms with E-state index in [4.69, 9.17) is 14.2 Å². The van der Waals surface area contributed by atoms with Gasteiger partial charge in [-0.05, 0) is 54.0 Å². The maximum Gasteiger partial charge on any atom is 0.197 e. The topological polar surface area (TPSA) is 27.7 Å². The van der Waals surface area contributed by atoms with Gasteiger partial charge in [0.1, 0.15) is 18.1 Å². The monoisotopic (exact) mass is 494 g/mol. The summed E-state index contributed by atoms with van der Waals surface area (Å²) in [5, 5.41) is 0. The summed E-state index contributed by atoms with van der Waals surface area (Å²) in [5.74, 6) is 1.68. The van der Waals surface area contributed by atoms with E-state index in [0.717, 1.165) is 46.6 Å². The Labute approximate surface area is 222 Å². The highest BCUT2D eigenvalue weighted by molar-refractivity contribution is 5.82. The molecule has 0 radical (unpaired) electrons. The molecule has 0 spiro atoms. The molecule has 0 aliphatic carbocycles. The summed E-state index contributed by atoms with van der Waals surface area (Å²) in [6.45, 7) is 9.58. The van der Waals surface area contributed by atoms with Crippen molar-refractivity contribution in [3.8, 4) is 33.8 Å². The molecule has 3 nitrogen and oxygen atoms in total. The van der Waals surface area contributed by atoms with E-state index in [-0.39, 0.29) is 6.29 Å². The Morgan fingerprint density at radius 3 is 1.76 bits per heavy atom. The maximum atomic E-state index is 6.37. The third-order valence-electron chi connectivity index (χ3n) is 6.26. The zero-order chi connectivity index (χ0) is 26.1. The Hall–Kier alpha value is -3.56. The average Bonchev–Trinajstić information content (AvgIpc) is 2.91. The van der Waals surface area contributed by atoms with Crippen LogP contribution in [0.5, 0.6) is 11.5 Å². The number of hydrogen-bond donors (Lipinski definition) is 0. The minimum absolute atomic E-state index is 0.336. The zero-order valence-electron chi connectivity index (χ0n) is 22.4. The van der Waals surface area contributed by atoms with Gasteiger partial charge >= 0.3 is 0 Å². The molecule has 0 bridgehead atoms. The van der Waals surface area contributed by atoms with Crippen molar-refractivity contribution < 1.29 is 14.2 Å². The summed E-state index contributed by atoms with van der Waals surface area (Å²) in [5.41, 5.74) is 6.05. The lowest BCUT2D eigenvalue weighted by atomic mass is 9.89. The number of rotatable bonds is 11. The predicted octanol–water partition coefficient (Wildman–Crippen LogP) is 8.82. The Morgan fingerprint density at radius 1 is 0.649 bits per heavy atom. The van der Waals surface area contributed by atoms with Crippen molar-refractivity contribution >= 4 is 0 Å². The van der Waals surface area contributed by atoms with Crippen LogP contribution in [-0.2, 0) is 11.2 Å². The van der Waals surface area contributed by atoms with Crippen molar-refractivity contribution in [2.24, 2.45) is 5.41 Å². The molecule has 0 aliphatic rings. The third-order valence-corrected chi connectivity index (χ3v) is 6.26. The van der Waals surface area contributed by atoms with Crippen molar-refractivity contribution in [1.82, 2.24) is 0 Å². The summed E-state index contributed by atoms with van der Waals surface area (Å²) >= 11 is 0. The van der Waals surface area contributed by atoms with Crippen molar-refractivity contribution in [2.75, 3.05) is 13.2 Å². The van der Waals surface area contributed by atoms with Crippen LogP contribution in [0.4, 0.5) is 0 Å². The summed E-state index contributed by atoms with van der Waals surface area (Å²) in [6.07, 6.45) is 1.86. The van der Waals surface area contributed by atoms with Crippen LogP contribution in [0.1, 0.15) is 39.7 Å². The Kier molecular flexibility index (Phi) is 9.03. The second-order valence-electron chi connectivity index (χ2n) is 10.5. The van der Waals surface area contributed by atoms with Gasteiger partial charge in [-0.15, -0.1) is 0 Å². The van der Waals surface area contributed by atoms with E-state index in [1.807, 2.05) is 55.5 Å². The first kappa shape index (κ1) is 26.5. The molecule has 1 atom stereocenters. The number of para-hydroxylation sites is 1. The summed E-state index contributed by atoms with van der Waals surface area (Å²) in [6, 6.07) is 35.3. The molecule has 0 N–H and O–H groups in total. The molecule has 0 saturated heterocycles. The molecule has 0 aliphatic heterocycles. The van der Waals surface area contributed by atoms with Crippen molar-refractivity contribution in [3.63, 3.8) is 0 Å². The van der Waals surface area contributed by atoms with Gasteiger partial charge in [-0.3, -0.25) is 0 Å². The zero-order valence-corrected chi connectivity index (χ0v) is 22.4. The first-order chi connectivity index (χ1) is 17.9. The molecule has 192 valence electrons. The average molecular weight is 495 g/mol. The van der Waals surface area contributed by atoms with Crippen LogP contribution in [0.2, 0.25) is 0 Å². The highest BCUT2D eigenvalue weighted by atomic mass is 16.7. The molecule has 0 fully saturated rings. The van der Waals surface area contributed by atoms with E-state index in [9.17, 15) is 0 Å². The number of hydrogen-bond acceptors (Lipinski definition) is 3. The summed E-state index contributed by atoms with van der Waals surface area (Å²) in [4.78, 5) is 0. The van der Waals surface area contributed by atoms with E-state index in [2.05, 4.69) is 75.4 Å². The van der Waals surface area contributed by atoms with E-state index in [1.165, 1.54) is 5.56 Å². The molecule has 4 rings (SSSR count). The predicted molar refractivity (Wildman–Crippen MR) is 153 cm³/mol. The van der Waals surface area contributed by atoms with Gasteiger partial charge in [0.2, 0.25) is 0 Å². The Bertz CT molecular complexity index is 1170. The third kappa shape index (κ3) is 7.96. The fourth-order valence-electron chi connectivity index (χ4n) is 4.22. The standard InChI is InChI=1S/C34H38O3/c1-26(37-30-20-18-27(19-21-30)22-23-34(2,3)4)35-24-25-36-33-31(28-12-7-5-8-13-28)16-11-17-32(33)29-14-9-6-10-15-29/h5-21,26H,22-25H2,1-4H3.